The minimum Gasteiger partial charge on any atom is -0.380 e. The summed E-state index contributed by atoms with van der Waals surface area (Å²) in [6, 6.07) is 16.3. The van der Waals surface area contributed by atoms with E-state index in [-0.39, 0.29) is 23.5 Å². The van der Waals surface area contributed by atoms with Crippen LogP contribution in [-0.4, -0.2) is 81.1 Å². The fourth-order valence-electron chi connectivity index (χ4n) is 6.99. The molecule has 0 atom stereocenters. The van der Waals surface area contributed by atoms with Crippen LogP contribution < -0.4 is 15.1 Å². The molecule has 12 nitrogen and oxygen atoms in total. The molecule has 4 aromatic rings. The van der Waals surface area contributed by atoms with E-state index < -0.39 is 0 Å². The number of aromatic nitrogens is 5. The summed E-state index contributed by atoms with van der Waals surface area (Å²) in [5, 5.41) is 17.6. The number of nitrogens with zero attached hydrogens (tertiary/aromatic N) is 9. The van der Waals surface area contributed by atoms with Crippen LogP contribution in [0.1, 0.15) is 43.2 Å². The number of anilines is 3. The number of hydrogen-bond donors (Lipinski definition) is 1. The van der Waals surface area contributed by atoms with Gasteiger partial charge < -0.3 is 19.9 Å². The molecule has 12 heteroatoms. The molecule has 0 bridgehead atoms. The summed E-state index contributed by atoms with van der Waals surface area (Å²) in [5.74, 6) is 1.87. The van der Waals surface area contributed by atoms with Crippen molar-refractivity contribution in [3.63, 3.8) is 0 Å². The highest BCUT2D eigenvalue weighted by molar-refractivity contribution is 5.91. The second-order valence-electron chi connectivity index (χ2n) is 13.2. The molecule has 2 aliphatic heterocycles. The smallest absolute Gasteiger partial charge is 0.325 e. The number of ether oxygens (including phenoxy) is 1. The standard InChI is InChI=1S/C35H40N10O2/c1-42(20-25-6-4-3-5-7-25)34(46)45(31-13-8-26(17-37-31)28-19-39-43(2)21-28)30-11-9-29(10-12-30)40-33-38-18-27(16-36)32(41-33)44-15-14-35(22-44)23-47-24-35/h3-8,13,17-19,21,29-30H,9-12,14-15,20,22-24H2,1-2H3,(H,38,40,41)/t29-,30-. The van der Waals surface area contributed by atoms with Crippen molar-refractivity contribution < 1.29 is 9.53 Å². The molecular formula is C35H40N10O2. The summed E-state index contributed by atoms with van der Waals surface area (Å²) in [7, 11) is 3.73. The monoisotopic (exact) mass is 632 g/mol. The van der Waals surface area contributed by atoms with Crippen molar-refractivity contribution in [1.82, 2.24) is 29.6 Å². The molecule has 3 fully saturated rings. The largest absolute Gasteiger partial charge is 0.380 e. The highest BCUT2D eigenvalue weighted by atomic mass is 16.5. The van der Waals surface area contributed by atoms with Gasteiger partial charge in [0.05, 0.1) is 25.6 Å². The predicted molar refractivity (Wildman–Crippen MR) is 179 cm³/mol. The maximum atomic E-state index is 14.1. The summed E-state index contributed by atoms with van der Waals surface area (Å²) in [6.45, 7) is 3.76. The lowest BCUT2D eigenvalue weighted by Crippen LogP contribution is -2.49. The molecule has 7 rings (SSSR count). The lowest BCUT2D eigenvalue weighted by atomic mass is 9.85. The topological polar surface area (TPSA) is 128 Å². The van der Waals surface area contributed by atoms with Crippen LogP contribution in [0, 0.1) is 16.7 Å². The lowest BCUT2D eigenvalue weighted by molar-refractivity contribution is -0.0985. The Bertz CT molecular complexity index is 1740. The molecule has 1 aromatic carbocycles. The summed E-state index contributed by atoms with van der Waals surface area (Å²) < 4.78 is 7.25. The molecule has 47 heavy (non-hydrogen) atoms. The first-order chi connectivity index (χ1) is 22.9. The second-order valence-corrected chi connectivity index (χ2v) is 13.2. The van der Waals surface area contributed by atoms with Gasteiger partial charge in [0.2, 0.25) is 5.95 Å². The number of pyridine rings is 1. The minimum atomic E-state index is -0.0767. The molecule has 0 unspecified atom stereocenters. The summed E-state index contributed by atoms with van der Waals surface area (Å²) in [4.78, 5) is 34.0. The van der Waals surface area contributed by atoms with E-state index in [1.807, 2.05) is 80.1 Å². The first-order valence-electron chi connectivity index (χ1n) is 16.3. The van der Waals surface area contributed by atoms with Crippen LogP contribution >= 0.6 is 0 Å². The van der Waals surface area contributed by atoms with Crippen molar-refractivity contribution in [2.75, 3.05) is 48.5 Å². The molecule has 1 N–H and O–H groups in total. The number of nitrogens with one attached hydrogen (secondary N) is 1. The summed E-state index contributed by atoms with van der Waals surface area (Å²) >= 11 is 0. The van der Waals surface area contributed by atoms with Gasteiger partial charge >= 0.3 is 6.03 Å². The molecule has 0 radical (unpaired) electrons. The second kappa shape index (κ2) is 13.0. The van der Waals surface area contributed by atoms with Gasteiger partial charge in [-0.25, -0.2) is 14.8 Å². The average molecular weight is 633 g/mol. The molecule has 3 aliphatic rings. The van der Waals surface area contributed by atoms with Crippen molar-refractivity contribution in [2.24, 2.45) is 12.5 Å². The van der Waals surface area contributed by atoms with Gasteiger partial charge in [-0.2, -0.15) is 15.3 Å². The SMILES string of the molecule is CN(Cc1ccccc1)C(=O)N(c1ccc(-c2cnn(C)c2)cn1)[C@H]1CC[C@H](Nc2ncc(C#N)c(N3CCC4(COC4)C3)n2)CC1. The van der Waals surface area contributed by atoms with Gasteiger partial charge in [-0.15, -0.1) is 0 Å². The Kier molecular flexibility index (Phi) is 8.47. The Morgan fingerprint density at radius 3 is 2.51 bits per heavy atom. The van der Waals surface area contributed by atoms with E-state index in [1.165, 1.54) is 0 Å². The van der Waals surface area contributed by atoms with Gasteiger partial charge in [0.15, 0.2) is 5.82 Å². The third-order valence-corrected chi connectivity index (χ3v) is 9.67. The van der Waals surface area contributed by atoms with Gasteiger partial charge in [-0.3, -0.25) is 9.58 Å². The minimum absolute atomic E-state index is 0.0153. The van der Waals surface area contributed by atoms with Gasteiger partial charge in [0.1, 0.15) is 17.5 Å². The average Bonchev–Trinajstić information content (AvgIpc) is 3.74. The highest BCUT2D eigenvalue weighted by Crippen LogP contribution is 2.40. The first kappa shape index (κ1) is 30.6. The summed E-state index contributed by atoms with van der Waals surface area (Å²) in [5.41, 5.74) is 3.68. The van der Waals surface area contributed by atoms with E-state index in [4.69, 9.17) is 14.7 Å². The van der Waals surface area contributed by atoms with Gasteiger partial charge in [0.25, 0.3) is 0 Å². The fraction of sp³-hybridized carbons (Fsp3) is 0.429. The van der Waals surface area contributed by atoms with Crippen LogP contribution in [-0.2, 0) is 18.3 Å². The van der Waals surface area contributed by atoms with Gasteiger partial charge in [-0.05, 0) is 49.8 Å². The Morgan fingerprint density at radius 1 is 1.06 bits per heavy atom. The number of nitriles is 1. The van der Waals surface area contributed by atoms with E-state index in [2.05, 4.69) is 26.4 Å². The van der Waals surface area contributed by atoms with E-state index in [0.717, 1.165) is 75.1 Å². The molecule has 1 saturated carbocycles. The van der Waals surface area contributed by atoms with Crippen molar-refractivity contribution in [1.29, 1.82) is 5.26 Å². The number of aryl methyl sites for hydroxylation is 1. The number of urea groups is 1. The van der Waals surface area contributed by atoms with Gasteiger partial charge in [-0.1, -0.05) is 30.3 Å². The predicted octanol–water partition coefficient (Wildman–Crippen LogP) is 4.85. The number of carbonyl (C=O) groups is 1. The van der Waals surface area contributed by atoms with Crippen molar-refractivity contribution in [2.45, 2.75) is 50.7 Å². The number of benzene rings is 1. The number of amides is 2. The third kappa shape index (κ3) is 6.49. The highest BCUT2D eigenvalue weighted by Gasteiger charge is 2.45. The van der Waals surface area contributed by atoms with Crippen molar-refractivity contribution in [3.8, 4) is 17.2 Å². The van der Waals surface area contributed by atoms with Crippen LogP contribution in [0.5, 0.6) is 0 Å². The van der Waals surface area contributed by atoms with Gasteiger partial charge in [0, 0.05) is 74.7 Å². The van der Waals surface area contributed by atoms with Crippen molar-refractivity contribution in [3.05, 3.63) is 78.4 Å². The molecule has 242 valence electrons. The molecule has 1 aliphatic carbocycles. The van der Waals surface area contributed by atoms with Crippen LogP contribution in [0.4, 0.5) is 22.4 Å². The molecule has 2 saturated heterocycles. The Labute approximate surface area is 275 Å². The fourth-order valence-corrected chi connectivity index (χ4v) is 6.99. The normalized spacial score (nSPS) is 20.0. The first-order valence-corrected chi connectivity index (χ1v) is 16.3. The molecule has 5 heterocycles. The van der Waals surface area contributed by atoms with Crippen LogP contribution in [0.2, 0.25) is 0 Å². The van der Waals surface area contributed by atoms with E-state index in [9.17, 15) is 10.1 Å². The maximum absolute atomic E-state index is 14.1. The Hall–Kier alpha value is -5.02. The zero-order chi connectivity index (χ0) is 32.4. The Balaban J connectivity index is 1.06. The quantitative estimate of drug-likeness (QED) is 0.290. The third-order valence-electron chi connectivity index (χ3n) is 9.67. The number of carbonyl (C=O) groups excluding carboxylic acids is 1. The lowest BCUT2D eigenvalue weighted by Gasteiger charge is -2.38. The number of hydrogen-bond acceptors (Lipinski definition) is 9. The molecular weight excluding hydrogens is 592 g/mol. The van der Waals surface area contributed by atoms with Crippen LogP contribution in [0.15, 0.2) is 67.3 Å². The Morgan fingerprint density at radius 2 is 1.87 bits per heavy atom. The van der Waals surface area contributed by atoms with E-state index in [1.54, 1.807) is 15.8 Å². The van der Waals surface area contributed by atoms with E-state index >= 15 is 0 Å². The zero-order valence-electron chi connectivity index (χ0n) is 26.9. The maximum Gasteiger partial charge on any atom is 0.325 e. The summed E-state index contributed by atoms with van der Waals surface area (Å²) in [6.07, 6.45) is 11.5. The van der Waals surface area contributed by atoms with E-state index in [0.29, 0.717) is 29.7 Å². The van der Waals surface area contributed by atoms with Crippen molar-refractivity contribution >= 4 is 23.6 Å². The molecule has 3 aromatic heterocycles. The van der Waals surface area contributed by atoms with Crippen LogP contribution in [0.3, 0.4) is 0 Å². The molecule has 2 amide bonds. The van der Waals surface area contributed by atoms with Crippen LogP contribution in [0.25, 0.3) is 11.1 Å². The molecule has 1 spiro atoms. The zero-order valence-corrected chi connectivity index (χ0v) is 26.9. The number of rotatable bonds is 8.